The monoisotopic (exact) mass is 410 g/mol. The third-order valence-electron chi connectivity index (χ3n) is 4.90. The van der Waals surface area contributed by atoms with Gasteiger partial charge in [-0.25, -0.2) is 9.97 Å². The molecule has 2 aromatic carbocycles. The van der Waals surface area contributed by atoms with Gasteiger partial charge in [-0.05, 0) is 38.1 Å². The van der Waals surface area contributed by atoms with Crippen LogP contribution in [0.1, 0.15) is 24.9 Å². The normalized spacial score (nSPS) is 12.5. The number of nitrogens with zero attached hydrogens (tertiary/aromatic N) is 4. The van der Waals surface area contributed by atoms with Crippen LogP contribution in [0.2, 0.25) is 0 Å². The van der Waals surface area contributed by atoms with Crippen molar-refractivity contribution in [1.29, 1.82) is 0 Å². The molecule has 1 atom stereocenters. The lowest BCUT2D eigenvalue weighted by molar-refractivity contribution is -0.128. The van der Waals surface area contributed by atoms with Crippen molar-refractivity contribution in [3.05, 3.63) is 53.5 Å². The first kappa shape index (κ1) is 19.0. The molecule has 0 aliphatic heterocycles. The summed E-state index contributed by atoms with van der Waals surface area (Å²) < 4.78 is 3.31. The second-order valence-electron chi connectivity index (χ2n) is 6.62. The van der Waals surface area contributed by atoms with Gasteiger partial charge < -0.3 is 9.47 Å². The minimum atomic E-state index is -0.0597. The number of aryl methyl sites for hydroxylation is 1. The van der Waals surface area contributed by atoms with Gasteiger partial charge >= 0.3 is 0 Å². The standard InChI is InChI=1S/C21H22N4OS2/c1-4-25-17-11-7-5-9-15(17)23-21(25)27-13-19(26)24(3)14(2)20-22-16-10-6-8-12-18(16)28-20/h5-12,14H,4,13H2,1-3H3. The number of carbonyl (C=O) groups excluding carboxylic acids is 1. The van der Waals surface area contributed by atoms with Crippen molar-refractivity contribution >= 4 is 50.3 Å². The van der Waals surface area contributed by atoms with Crippen molar-refractivity contribution in [2.45, 2.75) is 31.6 Å². The van der Waals surface area contributed by atoms with E-state index in [1.807, 2.05) is 50.4 Å². The molecule has 2 aromatic heterocycles. The van der Waals surface area contributed by atoms with E-state index in [1.165, 1.54) is 11.8 Å². The molecule has 7 heteroatoms. The lowest BCUT2D eigenvalue weighted by Crippen LogP contribution is -2.31. The highest BCUT2D eigenvalue weighted by molar-refractivity contribution is 7.99. The van der Waals surface area contributed by atoms with E-state index in [2.05, 4.69) is 23.6 Å². The lowest BCUT2D eigenvalue weighted by Gasteiger charge is -2.23. The van der Waals surface area contributed by atoms with Gasteiger partial charge in [-0.2, -0.15) is 0 Å². The van der Waals surface area contributed by atoms with Crippen LogP contribution in [-0.4, -0.2) is 38.1 Å². The van der Waals surface area contributed by atoms with Crippen molar-refractivity contribution in [1.82, 2.24) is 19.4 Å². The number of benzene rings is 2. The van der Waals surface area contributed by atoms with Crippen LogP contribution >= 0.6 is 23.1 Å². The van der Waals surface area contributed by atoms with Gasteiger partial charge in [0.25, 0.3) is 0 Å². The molecule has 28 heavy (non-hydrogen) atoms. The molecule has 0 N–H and O–H groups in total. The number of thiazole rings is 1. The van der Waals surface area contributed by atoms with Crippen LogP contribution in [0.4, 0.5) is 0 Å². The number of carbonyl (C=O) groups is 1. The van der Waals surface area contributed by atoms with E-state index in [9.17, 15) is 4.79 Å². The van der Waals surface area contributed by atoms with Gasteiger partial charge in [0.1, 0.15) is 5.01 Å². The zero-order chi connectivity index (χ0) is 19.7. The quantitative estimate of drug-likeness (QED) is 0.421. The van der Waals surface area contributed by atoms with E-state index < -0.39 is 0 Å². The molecule has 4 aromatic rings. The third-order valence-corrected chi connectivity index (χ3v) is 7.07. The lowest BCUT2D eigenvalue weighted by atomic mass is 10.3. The minimum absolute atomic E-state index is 0.0597. The van der Waals surface area contributed by atoms with Crippen LogP contribution in [0.25, 0.3) is 21.3 Å². The molecule has 1 amide bonds. The molecule has 4 rings (SSSR count). The van der Waals surface area contributed by atoms with Crippen molar-refractivity contribution in [2.75, 3.05) is 12.8 Å². The van der Waals surface area contributed by atoms with Crippen LogP contribution in [-0.2, 0) is 11.3 Å². The summed E-state index contributed by atoms with van der Waals surface area (Å²) in [5.74, 6) is 0.432. The molecular weight excluding hydrogens is 388 g/mol. The number of hydrogen-bond acceptors (Lipinski definition) is 5. The van der Waals surface area contributed by atoms with Crippen LogP contribution in [0, 0.1) is 0 Å². The molecule has 0 fully saturated rings. The van der Waals surface area contributed by atoms with Gasteiger partial charge in [0, 0.05) is 13.6 Å². The molecule has 2 heterocycles. The zero-order valence-corrected chi connectivity index (χ0v) is 17.8. The van der Waals surface area contributed by atoms with Crippen LogP contribution in [0.3, 0.4) is 0 Å². The highest BCUT2D eigenvalue weighted by Gasteiger charge is 2.21. The molecule has 0 aliphatic carbocycles. The predicted molar refractivity (Wildman–Crippen MR) is 117 cm³/mol. The molecule has 144 valence electrons. The fraction of sp³-hybridized carbons (Fsp3) is 0.286. The maximum absolute atomic E-state index is 12.8. The Bertz CT molecular complexity index is 1100. The van der Waals surface area contributed by atoms with Gasteiger partial charge in [-0.1, -0.05) is 36.0 Å². The number of para-hydroxylation sites is 3. The average molecular weight is 411 g/mol. The SMILES string of the molecule is CCn1c(SCC(=O)N(C)C(C)c2nc3ccccc3s2)nc2ccccc21. The molecule has 0 aliphatic rings. The largest absolute Gasteiger partial charge is 0.336 e. The number of fused-ring (bicyclic) bond motifs is 2. The van der Waals surface area contributed by atoms with Crippen LogP contribution < -0.4 is 0 Å². The predicted octanol–water partition coefficient (Wildman–Crippen LogP) is 4.98. The molecule has 5 nitrogen and oxygen atoms in total. The number of aromatic nitrogens is 3. The highest BCUT2D eigenvalue weighted by atomic mass is 32.2. The smallest absolute Gasteiger partial charge is 0.233 e. The summed E-state index contributed by atoms with van der Waals surface area (Å²) in [6.07, 6.45) is 0. The van der Waals surface area contributed by atoms with Crippen molar-refractivity contribution in [2.24, 2.45) is 0 Å². The van der Waals surface area contributed by atoms with Crippen molar-refractivity contribution in [3.63, 3.8) is 0 Å². The summed E-state index contributed by atoms with van der Waals surface area (Å²) in [5, 5.41) is 1.85. The molecule has 0 saturated heterocycles. The van der Waals surface area contributed by atoms with E-state index in [4.69, 9.17) is 9.97 Å². The Morgan fingerprint density at radius 3 is 2.61 bits per heavy atom. The number of thioether (sulfide) groups is 1. The third kappa shape index (κ3) is 3.52. The Labute approximate surface area is 172 Å². The van der Waals surface area contributed by atoms with Crippen LogP contribution in [0.15, 0.2) is 53.7 Å². The molecular formula is C21H22N4OS2. The van der Waals surface area contributed by atoms with E-state index in [-0.39, 0.29) is 11.9 Å². The van der Waals surface area contributed by atoms with Crippen molar-refractivity contribution < 1.29 is 4.79 Å². The van der Waals surface area contributed by atoms with Gasteiger partial charge in [-0.15, -0.1) is 11.3 Å². The number of rotatable bonds is 6. The fourth-order valence-corrected chi connectivity index (χ4v) is 5.21. The second-order valence-corrected chi connectivity index (χ2v) is 8.62. The Morgan fingerprint density at radius 2 is 1.86 bits per heavy atom. The summed E-state index contributed by atoms with van der Waals surface area (Å²) in [6, 6.07) is 16.1. The summed E-state index contributed by atoms with van der Waals surface area (Å²) in [5.41, 5.74) is 3.06. The first-order valence-electron chi connectivity index (χ1n) is 9.27. The first-order valence-corrected chi connectivity index (χ1v) is 11.1. The molecule has 0 spiro atoms. The van der Waals surface area contributed by atoms with E-state index in [0.717, 1.165) is 38.0 Å². The Hall–Kier alpha value is -2.38. The Morgan fingerprint density at radius 1 is 1.14 bits per heavy atom. The Kier molecular flexibility index (Phi) is 5.37. The zero-order valence-electron chi connectivity index (χ0n) is 16.1. The van der Waals surface area contributed by atoms with Gasteiger partial charge in [-0.3, -0.25) is 4.79 Å². The van der Waals surface area contributed by atoms with Gasteiger partial charge in [0.05, 0.1) is 33.0 Å². The average Bonchev–Trinajstić information content (AvgIpc) is 3.31. The molecule has 0 bridgehead atoms. The first-order chi connectivity index (χ1) is 13.6. The second kappa shape index (κ2) is 7.93. The summed E-state index contributed by atoms with van der Waals surface area (Å²) in [6.45, 7) is 4.96. The number of hydrogen-bond donors (Lipinski definition) is 0. The maximum atomic E-state index is 12.8. The Balaban J connectivity index is 1.47. The van der Waals surface area contributed by atoms with Gasteiger partial charge in [0.15, 0.2) is 5.16 Å². The van der Waals surface area contributed by atoms with Gasteiger partial charge in [0.2, 0.25) is 5.91 Å². The number of amides is 1. The minimum Gasteiger partial charge on any atom is -0.336 e. The van der Waals surface area contributed by atoms with E-state index in [1.54, 1.807) is 16.2 Å². The number of imidazole rings is 1. The molecule has 1 unspecified atom stereocenters. The van der Waals surface area contributed by atoms with Crippen LogP contribution in [0.5, 0.6) is 0 Å². The summed E-state index contributed by atoms with van der Waals surface area (Å²) in [7, 11) is 1.85. The summed E-state index contributed by atoms with van der Waals surface area (Å²) in [4.78, 5) is 24.0. The van der Waals surface area contributed by atoms with E-state index >= 15 is 0 Å². The maximum Gasteiger partial charge on any atom is 0.233 e. The molecule has 0 saturated carbocycles. The highest BCUT2D eigenvalue weighted by Crippen LogP contribution is 2.30. The topological polar surface area (TPSA) is 51.0 Å². The van der Waals surface area contributed by atoms with Crippen molar-refractivity contribution in [3.8, 4) is 0 Å². The molecule has 0 radical (unpaired) electrons. The summed E-state index contributed by atoms with van der Waals surface area (Å²) >= 11 is 3.14. The van der Waals surface area contributed by atoms with E-state index in [0.29, 0.717) is 5.75 Å². The fourth-order valence-electron chi connectivity index (χ4n) is 3.15.